The van der Waals surface area contributed by atoms with Gasteiger partial charge in [0, 0.05) is 45.6 Å². The zero-order valence-corrected chi connectivity index (χ0v) is 20.9. The smallest absolute Gasteiger partial charge is 0.224 e. The number of carbonyl (C=O) groups is 1. The van der Waals surface area contributed by atoms with Crippen molar-refractivity contribution >= 4 is 5.91 Å². The van der Waals surface area contributed by atoms with Gasteiger partial charge in [-0.1, -0.05) is 37.1 Å². The number of amides is 1. The Morgan fingerprint density at radius 2 is 1.88 bits per heavy atom. The standard InChI is InChI=1S/C27H38FN5O/c1-20-5-4-13-27(2,3)23(20)11-15-32-16-12-25-31-30-24(33(25)18-17-32)10-14-29-26(34)19-21-6-8-22(28)9-7-21/h6-9H,4-5,10-19H2,1-3H3,(H,29,34). The average Bonchev–Trinajstić information content (AvgIpc) is 3.05. The molecule has 4 rings (SSSR count). The number of hydrogen-bond acceptors (Lipinski definition) is 4. The number of allylic oxidation sites excluding steroid dienone is 1. The molecule has 2 aromatic rings. The number of benzene rings is 1. The van der Waals surface area contributed by atoms with Gasteiger partial charge in [-0.3, -0.25) is 4.79 Å². The van der Waals surface area contributed by atoms with Crippen LogP contribution in [0, 0.1) is 11.2 Å². The molecule has 1 aliphatic heterocycles. The van der Waals surface area contributed by atoms with Crippen LogP contribution in [0.3, 0.4) is 0 Å². The Balaban J connectivity index is 1.25. The van der Waals surface area contributed by atoms with Gasteiger partial charge < -0.3 is 14.8 Å². The van der Waals surface area contributed by atoms with Crippen LogP contribution in [0.2, 0.25) is 0 Å². The molecule has 1 aliphatic carbocycles. The number of aromatic nitrogens is 3. The van der Waals surface area contributed by atoms with E-state index in [0.29, 0.717) is 18.4 Å². The minimum atomic E-state index is -0.291. The maximum absolute atomic E-state index is 13.0. The number of halogens is 1. The van der Waals surface area contributed by atoms with Crippen LogP contribution in [0.15, 0.2) is 35.4 Å². The monoisotopic (exact) mass is 467 g/mol. The first-order chi connectivity index (χ1) is 16.3. The Morgan fingerprint density at radius 3 is 2.65 bits per heavy atom. The maximum atomic E-state index is 13.0. The quantitative estimate of drug-likeness (QED) is 0.594. The zero-order chi connectivity index (χ0) is 24.1. The average molecular weight is 468 g/mol. The van der Waals surface area contributed by atoms with E-state index >= 15 is 0 Å². The third-order valence-electron chi connectivity index (χ3n) is 7.51. The molecule has 0 atom stereocenters. The van der Waals surface area contributed by atoms with E-state index in [9.17, 15) is 9.18 Å². The Kier molecular flexibility index (Phi) is 7.81. The molecule has 184 valence electrons. The number of hydrogen-bond donors (Lipinski definition) is 1. The molecule has 1 aromatic heterocycles. The molecule has 34 heavy (non-hydrogen) atoms. The first-order valence-corrected chi connectivity index (χ1v) is 12.7. The van der Waals surface area contributed by atoms with Crippen molar-refractivity contribution in [2.75, 3.05) is 26.2 Å². The first kappa shape index (κ1) is 24.6. The van der Waals surface area contributed by atoms with Crippen molar-refractivity contribution in [1.29, 1.82) is 0 Å². The molecule has 0 radical (unpaired) electrons. The lowest BCUT2D eigenvalue weighted by Gasteiger charge is -2.35. The van der Waals surface area contributed by atoms with Crippen LogP contribution in [0.5, 0.6) is 0 Å². The Bertz CT molecular complexity index is 1020. The number of rotatable bonds is 8. The van der Waals surface area contributed by atoms with Crippen LogP contribution in [0.1, 0.15) is 63.7 Å². The molecule has 7 heteroatoms. The molecule has 1 aromatic carbocycles. The van der Waals surface area contributed by atoms with Gasteiger partial charge in [0.15, 0.2) is 0 Å². The van der Waals surface area contributed by atoms with Gasteiger partial charge in [0.2, 0.25) is 5.91 Å². The SMILES string of the molecule is CC1=C(CCN2CCc3nnc(CCNC(=O)Cc4ccc(F)cc4)n3CC2)C(C)(C)CCC1. The van der Waals surface area contributed by atoms with Gasteiger partial charge >= 0.3 is 0 Å². The summed E-state index contributed by atoms with van der Waals surface area (Å²) in [5.41, 5.74) is 4.41. The minimum absolute atomic E-state index is 0.0661. The Morgan fingerprint density at radius 1 is 1.09 bits per heavy atom. The van der Waals surface area contributed by atoms with Crippen LogP contribution in [0.25, 0.3) is 0 Å². The molecule has 6 nitrogen and oxygen atoms in total. The highest BCUT2D eigenvalue weighted by molar-refractivity contribution is 5.78. The summed E-state index contributed by atoms with van der Waals surface area (Å²) < 4.78 is 15.3. The second-order valence-corrected chi connectivity index (χ2v) is 10.4. The van der Waals surface area contributed by atoms with E-state index in [2.05, 4.69) is 45.8 Å². The van der Waals surface area contributed by atoms with E-state index in [-0.39, 0.29) is 18.1 Å². The fraction of sp³-hybridized carbons (Fsp3) is 0.593. The van der Waals surface area contributed by atoms with Gasteiger partial charge in [-0.25, -0.2) is 4.39 Å². The van der Waals surface area contributed by atoms with Crippen molar-refractivity contribution < 1.29 is 9.18 Å². The predicted octanol–water partition coefficient (Wildman–Crippen LogP) is 4.09. The van der Waals surface area contributed by atoms with Crippen molar-refractivity contribution in [3.63, 3.8) is 0 Å². The molecule has 2 aliphatic rings. The van der Waals surface area contributed by atoms with E-state index in [1.54, 1.807) is 23.3 Å². The summed E-state index contributed by atoms with van der Waals surface area (Å²) in [6.07, 6.45) is 6.84. The summed E-state index contributed by atoms with van der Waals surface area (Å²) >= 11 is 0. The topological polar surface area (TPSA) is 63.1 Å². The normalized spacial score (nSPS) is 18.5. The van der Waals surface area contributed by atoms with E-state index in [0.717, 1.165) is 56.2 Å². The van der Waals surface area contributed by atoms with Crippen molar-refractivity contribution in [2.45, 2.75) is 72.3 Å². The summed E-state index contributed by atoms with van der Waals surface area (Å²) in [6.45, 7) is 11.7. The van der Waals surface area contributed by atoms with Crippen LogP contribution < -0.4 is 5.32 Å². The number of nitrogens with one attached hydrogen (secondary N) is 1. The molecular formula is C27H38FN5O. The minimum Gasteiger partial charge on any atom is -0.355 e. The van der Waals surface area contributed by atoms with Crippen molar-refractivity contribution in [2.24, 2.45) is 5.41 Å². The second-order valence-electron chi connectivity index (χ2n) is 10.4. The van der Waals surface area contributed by atoms with Gasteiger partial charge in [-0.2, -0.15) is 0 Å². The van der Waals surface area contributed by atoms with E-state index in [1.165, 1.54) is 31.4 Å². The molecule has 0 saturated carbocycles. The molecule has 0 bridgehead atoms. The molecule has 2 heterocycles. The van der Waals surface area contributed by atoms with Crippen LogP contribution in [-0.4, -0.2) is 51.8 Å². The van der Waals surface area contributed by atoms with Gasteiger partial charge in [-0.15, -0.1) is 10.2 Å². The lowest BCUT2D eigenvalue weighted by atomic mass is 9.71. The van der Waals surface area contributed by atoms with Crippen LogP contribution >= 0.6 is 0 Å². The van der Waals surface area contributed by atoms with Gasteiger partial charge in [0.25, 0.3) is 0 Å². The molecule has 0 saturated heterocycles. The summed E-state index contributed by atoms with van der Waals surface area (Å²) in [5.74, 6) is 1.62. The molecular weight excluding hydrogens is 429 g/mol. The second kappa shape index (κ2) is 10.8. The molecule has 0 fully saturated rings. The third kappa shape index (κ3) is 6.12. The fourth-order valence-corrected chi connectivity index (χ4v) is 5.50. The van der Waals surface area contributed by atoms with Gasteiger partial charge in [-0.05, 0) is 55.7 Å². The number of fused-ring (bicyclic) bond motifs is 1. The van der Waals surface area contributed by atoms with E-state index in [4.69, 9.17) is 0 Å². The number of carbonyl (C=O) groups excluding carboxylic acids is 1. The third-order valence-corrected chi connectivity index (χ3v) is 7.51. The van der Waals surface area contributed by atoms with E-state index < -0.39 is 0 Å². The van der Waals surface area contributed by atoms with Crippen LogP contribution in [-0.2, 0) is 30.6 Å². The molecule has 0 unspecified atom stereocenters. The van der Waals surface area contributed by atoms with Crippen molar-refractivity contribution in [3.8, 4) is 0 Å². The van der Waals surface area contributed by atoms with Crippen molar-refractivity contribution in [1.82, 2.24) is 25.0 Å². The summed E-state index contributed by atoms with van der Waals surface area (Å²) in [4.78, 5) is 14.8. The fourth-order valence-electron chi connectivity index (χ4n) is 5.50. The van der Waals surface area contributed by atoms with Gasteiger partial charge in [0.1, 0.15) is 17.5 Å². The zero-order valence-electron chi connectivity index (χ0n) is 20.9. The summed E-state index contributed by atoms with van der Waals surface area (Å²) in [6, 6.07) is 6.05. The lowest BCUT2D eigenvalue weighted by molar-refractivity contribution is -0.120. The van der Waals surface area contributed by atoms with E-state index in [1.807, 2.05) is 0 Å². The lowest BCUT2D eigenvalue weighted by Crippen LogP contribution is -2.31. The Labute approximate surface area is 202 Å². The Hall–Kier alpha value is -2.54. The molecule has 1 N–H and O–H groups in total. The number of nitrogens with zero attached hydrogens (tertiary/aromatic N) is 4. The maximum Gasteiger partial charge on any atom is 0.224 e. The highest BCUT2D eigenvalue weighted by Crippen LogP contribution is 2.41. The van der Waals surface area contributed by atoms with Crippen molar-refractivity contribution in [3.05, 3.63) is 58.4 Å². The van der Waals surface area contributed by atoms with Gasteiger partial charge in [0.05, 0.1) is 6.42 Å². The highest BCUT2D eigenvalue weighted by atomic mass is 19.1. The highest BCUT2D eigenvalue weighted by Gasteiger charge is 2.28. The summed E-state index contributed by atoms with van der Waals surface area (Å²) in [7, 11) is 0. The largest absolute Gasteiger partial charge is 0.355 e. The predicted molar refractivity (Wildman–Crippen MR) is 132 cm³/mol. The first-order valence-electron chi connectivity index (χ1n) is 12.7. The summed E-state index contributed by atoms with van der Waals surface area (Å²) in [5, 5.41) is 11.8. The molecule has 1 amide bonds. The molecule has 0 spiro atoms. The van der Waals surface area contributed by atoms with Crippen LogP contribution in [0.4, 0.5) is 4.39 Å².